The van der Waals surface area contributed by atoms with E-state index in [1.54, 1.807) is 12.1 Å². The molecule has 110 valence electrons. The molecular formula is C14H20FN3OS. The molecule has 1 heterocycles. The summed E-state index contributed by atoms with van der Waals surface area (Å²) in [6.45, 7) is 5.32. The molecule has 2 rings (SSSR count). The smallest absolute Gasteiger partial charge is 0.146 e. The zero-order valence-corrected chi connectivity index (χ0v) is 12.2. The minimum Gasteiger partial charge on any atom is -0.389 e. The molecule has 1 saturated heterocycles. The Hall–Kier alpha value is -1.24. The topological polar surface area (TPSA) is 50.5 Å². The van der Waals surface area contributed by atoms with Crippen LogP contribution in [0.3, 0.4) is 0 Å². The lowest BCUT2D eigenvalue weighted by atomic mass is 10.2. The first-order valence-corrected chi connectivity index (χ1v) is 7.21. The van der Waals surface area contributed by atoms with Crippen molar-refractivity contribution < 1.29 is 9.13 Å². The van der Waals surface area contributed by atoms with Crippen molar-refractivity contribution in [2.75, 3.05) is 44.7 Å². The van der Waals surface area contributed by atoms with Crippen molar-refractivity contribution >= 4 is 22.9 Å². The van der Waals surface area contributed by atoms with Gasteiger partial charge in [0.15, 0.2) is 0 Å². The number of hydrogen-bond donors (Lipinski definition) is 2. The van der Waals surface area contributed by atoms with E-state index in [1.807, 2.05) is 0 Å². The summed E-state index contributed by atoms with van der Waals surface area (Å²) in [5.41, 5.74) is 6.51. The third kappa shape index (κ3) is 4.40. The average Bonchev–Trinajstić information content (AvgIpc) is 2.46. The van der Waals surface area contributed by atoms with Gasteiger partial charge in [0, 0.05) is 25.2 Å². The van der Waals surface area contributed by atoms with Gasteiger partial charge in [-0.3, -0.25) is 4.90 Å². The molecule has 1 fully saturated rings. The second-order valence-corrected chi connectivity index (χ2v) is 5.23. The van der Waals surface area contributed by atoms with Gasteiger partial charge in [-0.05, 0) is 31.2 Å². The lowest BCUT2D eigenvalue weighted by Gasteiger charge is -2.26. The van der Waals surface area contributed by atoms with Crippen LogP contribution in [-0.2, 0) is 4.74 Å². The molecule has 1 aromatic carbocycles. The number of morpholine rings is 1. The SMILES string of the molecule is NC(=S)c1ccc(NCCCN2CCOCC2)c(F)c1. The number of halogens is 1. The normalized spacial score (nSPS) is 16.1. The van der Waals surface area contributed by atoms with Gasteiger partial charge < -0.3 is 15.8 Å². The largest absolute Gasteiger partial charge is 0.389 e. The van der Waals surface area contributed by atoms with Gasteiger partial charge in [0.1, 0.15) is 10.8 Å². The van der Waals surface area contributed by atoms with E-state index in [2.05, 4.69) is 10.2 Å². The lowest BCUT2D eigenvalue weighted by molar-refractivity contribution is 0.0378. The second kappa shape index (κ2) is 7.52. The number of benzene rings is 1. The minimum atomic E-state index is -0.318. The molecule has 0 atom stereocenters. The van der Waals surface area contributed by atoms with Crippen molar-refractivity contribution in [3.05, 3.63) is 29.6 Å². The van der Waals surface area contributed by atoms with E-state index in [9.17, 15) is 4.39 Å². The van der Waals surface area contributed by atoms with Gasteiger partial charge in [-0.15, -0.1) is 0 Å². The number of nitrogens with one attached hydrogen (secondary N) is 1. The van der Waals surface area contributed by atoms with Crippen LogP contribution in [0.5, 0.6) is 0 Å². The van der Waals surface area contributed by atoms with E-state index in [0.29, 0.717) is 11.3 Å². The highest BCUT2D eigenvalue weighted by molar-refractivity contribution is 7.80. The highest BCUT2D eigenvalue weighted by Crippen LogP contribution is 2.15. The van der Waals surface area contributed by atoms with Crippen LogP contribution in [0.2, 0.25) is 0 Å². The van der Waals surface area contributed by atoms with Crippen molar-refractivity contribution in [1.82, 2.24) is 4.90 Å². The monoisotopic (exact) mass is 297 g/mol. The standard InChI is InChI=1S/C14H20FN3OS/c15-12-10-11(14(16)20)2-3-13(12)17-4-1-5-18-6-8-19-9-7-18/h2-3,10,17H,1,4-9H2,(H2,16,20). The second-order valence-electron chi connectivity index (χ2n) is 4.79. The van der Waals surface area contributed by atoms with Gasteiger partial charge in [0.25, 0.3) is 0 Å². The summed E-state index contributed by atoms with van der Waals surface area (Å²) in [6, 6.07) is 4.78. The summed E-state index contributed by atoms with van der Waals surface area (Å²) in [6.07, 6.45) is 0.969. The first-order chi connectivity index (χ1) is 9.66. The van der Waals surface area contributed by atoms with Crippen molar-refractivity contribution in [3.8, 4) is 0 Å². The predicted molar refractivity (Wildman–Crippen MR) is 82.7 cm³/mol. The van der Waals surface area contributed by atoms with Crippen molar-refractivity contribution in [3.63, 3.8) is 0 Å². The molecule has 0 aromatic heterocycles. The van der Waals surface area contributed by atoms with Crippen LogP contribution in [0.4, 0.5) is 10.1 Å². The molecule has 6 heteroatoms. The van der Waals surface area contributed by atoms with Crippen LogP contribution in [0.1, 0.15) is 12.0 Å². The zero-order chi connectivity index (χ0) is 14.4. The molecule has 20 heavy (non-hydrogen) atoms. The molecule has 3 N–H and O–H groups in total. The Morgan fingerprint density at radius 3 is 2.80 bits per heavy atom. The molecule has 0 radical (unpaired) electrons. The fourth-order valence-electron chi connectivity index (χ4n) is 2.16. The highest BCUT2D eigenvalue weighted by Gasteiger charge is 2.09. The number of rotatable bonds is 6. The van der Waals surface area contributed by atoms with Gasteiger partial charge in [-0.2, -0.15) is 0 Å². The van der Waals surface area contributed by atoms with Crippen molar-refractivity contribution in [1.29, 1.82) is 0 Å². The summed E-state index contributed by atoms with van der Waals surface area (Å²) in [7, 11) is 0. The first kappa shape index (κ1) is 15.2. The van der Waals surface area contributed by atoms with E-state index >= 15 is 0 Å². The zero-order valence-electron chi connectivity index (χ0n) is 11.4. The average molecular weight is 297 g/mol. The molecular weight excluding hydrogens is 277 g/mol. The third-order valence-corrected chi connectivity index (χ3v) is 3.56. The van der Waals surface area contributed by atoms with Gasteiger partial charge in [-0.1, -0.05) is 12.2 Å². The molecule has 4 nitrogen and oxygen atoms in total. The Morgan fingerprint density at radius 2 is 2.15 bits per heavy atom. The van der Waals surface area contributed by atoms with Gasteiger partial charge in [-0.25, -0.2) is 4.39 Å². The molecule has 1 aliphatic heterocycles. The van der Waals surface area contributed by atoms with E-state index in [-0.39, 0.29) is 10.8 Å². The molecule has 0 bridgehead atoms. The third-order valence-electron chi connectivity index (χ3n) is 3.32. The molecule has 0 saturated carbocycles. The van der Waals surface area contributed by atoms with Gasteiger partial charge in [0.05, 0.1) is 18.9 Å². The summed E-state index contributed by atoms with van der Waals surface area (Å²) < 4.78 is 19.1. The fourth-order valence-corrected chi connectivity index (χ4v) is 2.29. The minimum absolute atomic E-state index is 0.211. The fraction of sp³-hybridized carbons (Fsp3) is 0.500. The van der Waals surface area contributed by atoms with Gasteiger partial charge >= 0.3 is 0 Å². The Morgan fingerprint density at radius 1 is 1.40 bits per heavy atom. The van der Waals surface area contributed by atoms with Gasteiger partial charge in [0.2, 0.25) is 0 Å². The number of hydrogen-bond acceptors (Lipinski definition) is 4. The van der Waals surface area contributed by atoms with E-state index in [1.165, 1.54) is 6.07 Å². The van der Waals surface area contributed by atoms with Crippen LogP contribution >= 0.6 is 12.2 Å². The summed E-state index contributed by atoms with van der Waals surface area (Å²) in [4.78, 5) is 2.57. The van der Waals surface area contributed by atoms with E-state index < -0.39 is 0 Å². The summed E-state index contributed by atoms with van der Waals surface area (Å²) >= 11 is 4.82. The Balaban J connectivity index is 1.74. The number of thiocarbonyl (C=S) groups is 1. The number of nitrogens with zero attached hydrogens (tertiary/aromatic N) is 1. The molecule has 0 aliphatic carbocycles. The molecule has 0 spiro atoms. The first-order valence-electron chi connectivity index (χ1n) is 6.80. The molecule has 0 amide bonds. The lowest BCUT2D eigenvalue weighted by Crippen LogP contribution is -2.37. The van der Waals surface area contributed by atoms with E-state index in [4.69, 9.17) is 22.7 Å². The highest BCUT2D eigenvalue weighted by atomic mass is 32.1. The molecule has 0 unspecified atom stereocenters. The van der Waals surface area contributed by atoms with Crippen LogP contribution < -0.4 is 11.1 Å². The van der Waals surface area contributed by atoms with Crippen molar-refractivity contribution in [2.24, 2.45) is 5.73 Å². The summed E-state index contributed by atoms with van der Waals surface area (Å²) in [5.74, 6) is -0.318. The Kier molecular flexibility index (Phi) is 5.70. The maximum absolute atomic E-state index is 13.8. The maximum Gasteiger partial charge on any atom is 0.146 e. The number of anilines is 1. The Bertz CT molecular complexity index is 464. The van der Waals surface area contributed by atoms with Crippen LogP contribution in [0.15, 0.2) is 18.2 Å². The summed E-state index contributed by atoms with van der Waals surface area (Å²) in [5, 5.41) is 3.10. The molecule has 1 aliphatic rings. The maximum atomic E-state index is 13.8. The Labute approximate surface area is 124 Å². The van der Waals surface area contributed by atoms with Crippen LogP contribution in [0.25, 0.3) is 0 Å². The number of nitrogens with two attached hydrogens (primary N) is 1. The van der Waals surface area contributed by atoms with Crippen LogP contribution in [-0.4, -0.2) is 49.3 Å². The predicted octanol–water partition coefficient (Wildman–Crippen LogP) is 1.59. The van der Waals surface area contributed by atoms with Crippen LogP contribution in [0, 0.1) is 5.82 Å². The quantitative estimate of drug-likeness (QED) is 0.617. The number of ether oxygens (including phenoxy) is 1. The molecule has 1 aromatic rings. The van der Waals surface area contributed by atoms with E-state index in [0.717, 1.165) is 45.8 Å². The van der Waals surface area contributed by atoms with Crippen molar-refractivity contribution in [2.45, 2.75) is 6.42 Å².